The molecule has 0 bridgehead atoms. The van der Waals surface area contributed by atoms with E-state index in [1.807, 2.05) is 0 Å². The van der Waals surface area contributed by atoms with E-state index in [1.54, 1.807) is 0 Å². The number of nitrogens with one attached hydrogen (secondary N) is 1. The average Bonchev–Trinajstić information content (AvgIpc) is 2.46. The van der Waals surface area contributed by atoms with Crippen LogP contribution in [0.15, 0.2) is 41.3 Å². The number of ether oxygens (including phenoxy) is 1. The molecule has 0 atom stereocenters. The second-order valence-corrected chi connectivity index (χ2v) is 6.98. The second-order valence-electron chi connectivity index (χ2n) is 4.42. The molecule has 0 fully saturated rings. The Kier molecular flexibility index (Phi) is 5.69. The maximum atomic E-state index is 13.3. The van der Waals surface area contributed by atoms with Crippen LogP contribution < -0.4 is 9.46 Å². The summed E-state index contributed by atoms with van der Waals surface area (Å²) in [5.74, 6) is -0.651. The van der Waals surface area contributed by atoms with Crippen LogP contribution in [0.1, 0.15) is 0 Å². The van der Waals surface area contributed by atoms with Crippen LogP contribution in [-0.2, 0) is 10.0 Å². The van der Waals surface area contributed by atoms with Crippen LogP contribution in [0, 0.1) is 5.82 Å². The molecule has 2 rings (SSSR count). The molecule has 0 aromatic heterocycles. The molecule has 0 aliphatic heterocycles. The maximum absolute atomic E-state index is 13.3. The lowest BCUT2D eigenvalue weighted by molar-refractivity contribution is 0.201. The van der Waals surface area contributed by atoms with Crippen molar-refractivity contribution >= 4 is 38.9 Å². The van der Waals surface area contributed by atoms with Crippen LogP contribution in [0.3, 0.4) is 0 Å². The summed E-state index contributed by atoms with van der Waals surface area (Å²) in [4.78, 5) is -0.146. The summed E-state index contributed by atoms with van der Waals surface area (Å²) in [5, 5.41) is 9.09. The summed E-state index contributed by atoms with van der Waals surface area (Å²) >= 11 is 11.6. The minimum Gasteiger partial charge on any atom is -0.489 e. The molecule has 2 aromatic carbocycles. The molecule has 0 unspecified atom stereocenters. The van der Waals surface area contributed by atoms with Crippen molar-refractivity contribution in [3.63, 3.8) is 0 Å². The number of sulfonamides is 1. The lowest BCUT2D eigenvalue weighted by Gasteiger charge is -2.13. The van der Waals surface area contributed by atoms with Gasteiger partial charge in [0.25, 0.3) is 10.0 Å². The summed E-state index contributed by atoms with van der Waals surface area (Å²) in [6, 6.07) is 7.16. The number of aliphatic hydroxyl groups is 1. The number of rotatable bonds is 6. The molecule has 0 aliphatic carbocycles. The number of hydrogen-bond donors (Lipinski definition) is 2. The maximum Gasteiger partial charge on any atom is 0.262 e. The van der Waals surface area contributed by atoms with Crippen LogP contribution in [0.25, 0.3) is 0 Å². The highest BCUT2D eigenvalue weighted by atomic mass is 35.5. The quantitative estimate of drug-likeness (QED) is 0.807. The van der Waals surface area contributed by atoms with Gasteiger partial charge in [0.15, 0.2) is 0 Å². The standard InChI is InChI=1S/C14H12Cl2FNO4S/c15-9-5-10(16)7-12(6-9)23(20,21)18-13-2-1-11(17)8-14(13)22-4-3-19/h1-2,5-8,18-19H,3-4H2. The molecule has 2 N–H and O–H groups in total. The van der Waals surface area contributed by atoms with Crippen molar-refractivity contribution in [2.75, 3.05) is 17.9 Å². The highest BCUT2D eigenvalue weighted by Crippen LogP contribution is 2.29. The second kappa shape index (κ2) is 7.35. The van der Waals surface area contributed by atoms with E-state index in [2.05, 4.69) is 4.72 Å². The van der Waals surface area contributed by atoms with Gasteiger partial charge in [0, 0.05) is 16.1 Å². The topological polar surface area (TPSA) is 75.6 Å². The van der Waals surface area contributed by atoms with E-state index >= 15 is 0 Å². The molecular formula is C14H12Cl2FNO4S. The van der Waals surface area contributed by atoms with E-state index in [4.69, 9.17) is 33.0 Å². The molecule has 0 amide bonds. The van der Waals surface area contributed by atoms with Gasteiger partial charge < -0.3 is 9.84 Å². The third-order valence-electron chi connectivity index (χ3n) is 2.68. The minimum atomic E-state index is -4.00. The van der Waals surface area contributed by atoms with E-state index in [0.29, 0.717) is 0 Å². The van der Waals surface area contributed by atoms with Crippen LogP contribution >= 0.6 is 23.2 Å². The van der Waals surface area contributed by atoms with Gasteiger partial charge in [-0.2, -0.15) is 0 Å². The normalized spacial score (nSPS) is 11.3. The van der Waals surface area contributed by atoms with Crippen molar-refractivity contribution in [1.82, 2.24) is 0 Å². The summed E-state index contributed by atoms with van der Waals surface area (Å²) in [7, 11) is -4.00. The summed E-state index contributed by atoms with van der Waals surface area (Å²) < 4.78 is 45.5. The Morgan fingerprint density at radius 1 is 1.13 bits per heavy atom. The van der Waals surface area contributed by atoms with Crippen molar-refractivity contribution in [3.8, 4) is 5.75 Å². The average molecular weight is 380 g/mol. The van der Waals surface area contributed by atoms with Gasteiger partial charge in [-0.3, -0.25) is 4.72 Å². The number of aliphatic hydroxyl groups excluding tert-OH is 1. The molecule has 23 heavy (non-hydrogen) atoms. The Balaban J connectivity index is 2.37. The van der Waals surface area contributed by atoms with Gasteiger partial charge in [-0.1, -0.05) is 23.2 Å². The Labute approximate surface area is 142 Å². The molecule has 0 heterocycles. The van der Waals surface area contributed by atoms with Gasteiger partial charge in [0.1, 0.15) is 18.2 Å². The molecule has 5 nitrogen and oxygen atoms in total. The van der Waals surface area contributed by atoms with Crippen LogP contribution in [0.4, 0.5) is 10.1 Å². The third kappa shape index (κ3) is 4.71. The van der Waals surface area contributed by atoms with Crippen molar-refractivity contribution in [2.24, 2.45) is 0 Å². The molecule has 0 saturated carbocycles. The fourth-order valence-electron chi connectivity index (χ4n) is 1.74. The Morgan fingerprint density at radius 2 is 1.78 bits per heavy atom. The van der Waals surface area contributed by atoms with Crippen LogP contribution in [-0.4, -0.2) is 26.7 Å². The van der Waals surface area contributed by atoms with E-state index < -0.39 is 15.8 Å². The van der Waals surface area contributed by atoms with Gasteiger partial charge in [0.2, 0.25) is 0 Å². The lowest BCUT2D eigenvalue weighted by atomic mass is 10.3. The summed E-state index contributed by atoms with van der Waals surface area (Å²) in [6.45, 7) is -0.409. The summed E-state index contributed by atoms with van der Waals surface area (Å²) in [6.07, 6.45) is 0. The number of benzene rings is 2. The predicted octanol–water partition coefficient (Wildman–Crippen LogP) is 3.30. The molecule has 0 saturated heterocycles. The third-order valence-corrected chi connectivity index (χ3v) is 4.46. The highest BCUT2D eigenvalue weighted by molar-refractivity contribution is 7.92. The van der Waals surface area contributed by atoms with E-state index in [-0.39, 0.29) is 39.6 Å². The number of hydrogen-bond acceptors (Lipinski definition) is 4. The fourth-order valence-corrected chi connectivity index (χ4v) is 3.54. The SMILES string of the molecule is O=S(=O)(Nc1ccc(F)cc1OCCO)c1cc(Cl)cc(Cl)c1. The zero-order valence-electron chi connectivity index (χ0n) is 11.6. The molecule has 0 radical (unpaired) electrons. The zero-order chi connectivity index (χ0) is 17.0. The Hall–Kier alpha value is -1.54. The molecule has 0 spiro atoms. The summed E-state index contributed by atoms with van der Waals surface area (Å²) in [5.41, 5.74) is 0.0240. The number of halogens is 3. The smallest absolute Gasteiger partial charge is 0.262 e. The fraction of sp³-hybridized carbons (Fsp3) is 0.143. The van der Waals surface area contributed by atoms with Crippen molar-refractivity contribution in [3.05, 3.63) is 52.3 Å². The first-order chi connectivity index (χ1) is 10.8. The zero-order valence-corrected chi connectivity index (χ0v) is 13.9. The minimum absolute atomic E-state index is 0.0240. The Bertz CT molecular complexity index is 794. The largest absolute Gasteiger partial charge is 0.489 e. The molecule has 0 aliphatic rings. The van der Waals surface area contributed by atoms with Crippen LogP contribution in [0.2, 0.25) is 10.0 Å². The molecular weight excluding hydrogens is 368 g/mol. The van der Waals surface area contributed by atoms with Crippen molar-refractivity contribution < 1.29 is 22.7 Å². The molecule has 9 heteroatoms. The number of anilines is 1. The highest BCUT2D eigenvalue weighted by Gasteiger charge is 2.18. The Morgan fingerprint density at radius 3 is 2.39 bits per heavy atom. The van der Waals surface area contributed by atoms with Gasteiger partial charge in [-0.05, 0) is 30.3 Å². The first-order valence-corrected chi connectivity index (χ1v) is 8.58. The molecule has 124 valence electrons. The van der Waals surface area contributed by atoms with Crippen LogP contribution in [0.5, 0.6) is 5.75 Å². The first kappa shape index (κ1) is 17.8. The van der Waals surface area contributed by atoms with Gasteiger partial charge in [-0.25, -0.2) is 12.8 Å². The lowest BCUT2D eigenvalue weighted by Crippen LogP contribution is -2.14. The van der Waals surface area contributed by atoms with E-state index in [1.165, 1.54) is 24.3 Å². The van der Waals surface area contributed by atoms with E-state index in [0.717, 1.165) is 12.1 Å². The van der Waals surface area contributed by atoms with Gasteiger partial charge >= 0.3 is 0 Å². The van der Waals surface area contributed by atoms with E-state index in [9.17, 15) is 12.8 Å². The monoisotopic (exact) mass is 379 g/mol. The predicted molar refractivity (Wildman–Crippen MR) is 86.3 cm³/mol. The van der Waals surface area contributed by atoms with Gasteiger partial charge in [-0.15, -0.1) is 0 Å². The van der Waals surface area contributed by atoms with Crippen molar-refractivity contribution in [1.29, 1.82) is 0 Å². The van der Waals surface area contributed by atoms with Crippen molar-refractivity contribution in [2.45, 2.75) is 4.90 Å². The molecule has 2 aromatic rings. The van der Waals surface area contributed by atoms with Gasteiger partial charge in [0.05, 0.1) is 17.2 Å². The first-order valence-electron chi connectivity index (χ1n) is 6.34.